The highest BCUT2D eigenvalue weighted by molar-refractivity contribution is 14.0. The highest BCUT2D eigenvalue weighted by atomic mass is 127. The normalized spacial score (nSPS) is 11.7. The molecule has 9 heteroatoms. The number of benzene rings is 2. The molecule has 2 N–H and O–H groups in total. The first kappa shape index (κ1) is 25.2. The molecular formula is C20H29IN4O3S. The van der Waals surface area contributed by atoms with Gasteiger partial charge in [-0.2, -0.15) is 0 Å². The van der Waals surface area contributed by atoms with E-state index in [4.69, 9.17) is 4.74 Å². The number of guanidine groups is 1. The summed E-state index contributed by atoms with van der Waals surface area (Å²) in [6.45, 7) is 3.75. The van der Waals surface area contributed by atoms with E-state index in [9.17, 15) is 8.42 Å². The predicted molar refractivity (Wildman–Crippen MR) is 127 cm³/mol. The number of aliphatic imine (C=N–C) groups is 1. The summed E-state index contributed by atoms with van der Waals surface area (Å²) in [5.41, 5.74) is 1.96. The van der Waals surface area contributed by atoms with Crippen molar-refractivity contribution >= 4 is 40.0 Å². The van der Waals surface area contributed by atoms with Crippen LogP contribution in [0.4, 0.5) is 0 Å². The standard InChI is InChI=1S/C20H28N4O3S.HI/c1-5-21-20(23-15-17-8-6-7-9-19(17)27-4)22-14-16-10-12-18(13-11-16)28(25,26)24(2)3;/h6-13H,5,14-15H2,1-4H3,(H2,21,22,23);1H. The van der Waals surface area contributed by atoms with Crippen LogP contribution in [0.2, 0.25) is 0 Å². The maximum Gasteiger partial charge on any atom is 0.242 e. The van der Waals surface area contributed by atoms with Crippen molar-refractivity contribution in [2.75, 3.05) is 27.7 Å². The fraction of sp³-hybridized carbons (Fsp3) is 0.350. The number of hydrogen-bond donors (Lipinski definition) is 2. The van der Waals surface area contributed by atoms with Gasteiger partial charge in [-0.1, -0.05) is 30.3 Å². The molecule has 0 saturated heterocycles. The Bertz CT molecular complexity index is 900. The summed E-state index contributed by atoms with van der Waals surface area (Å²) < 4.78 is 30.8. The number of para-hydroxylation sites is 1. The van der Waals surface area contributed by atoms with Gasteiger partial charge in [0.05, 0.1) is 18.6 Å². The molecule has 29 heavy (non-hydrogen) atoms. The Morgan fingerprint density at radius 1 is 1.07 bits per heavy atom. The molecule has 0 atom stereocenters. The van der Waals surface area contributed by atoms with Gasteiger partial charge in [-0.3, -0.25) is 0 Å². The van der Waals surface area contributed by atoms with Crippen LogP contribution in [0.5, 0.6) is 5.75 Å². The van der Waals surface area contributed by atoms with Crippen molar-refractivity contribution < 1.29 is 13.2 Å². The van der Waals surface area contributed by atoms with E-state index < -0.39 is 10.0 Å². The largest absolute Gasteiger partial charge is 0.496 e. The second-order valence-electron chi connectivity index (χ2n) is 6.29. The van der Waals surface area contributed by atoms with Gasteiger partial charge >= 0.3 is 0 Å². The third-order valence-electron chi connectivity index (χ3n) is 4.10. The van der Waals surface area contributed by atoms with E-state index in [-0.39, 0.29) is 28.9 Å². The SMILES string of the molecule is CCNC(=NCc1ccc(S(=O)(=O)N(C)C)cc1)NCc1ccccc1OC.I. The Labute approximate surface area is 190 Å². The smallest absolute Gasteiger partial charge is 0.242 e. The first-order valence-electron chi connectivity index (χ1n) is 9.04. The molecule has 2 aromatic rings. The van der Waals surface area contributed by atoms with Crippen molar-refractivity contribution in [2.24, 2.45) is 4.99 Å². The Hall–Kier alpha value is -1.85. The summed E-state index contributed by atoms with van der Waals surface area (Å²) in [6.07, 6.45) is 0. The van der Waals surface area contributed by atoms with Gasteiger partial charge in [0.2, 0.25) is 10.0 Å². The number of ether oxygens (including phenoxy) is 1. The Morgan fingerprint density at radius 3 is 2.31 bits per heavy atom. The van der Waals surface area contributed by atoms with Crippen LogP contribution in [-0.2, 0) is 23.1 Å². The fourth-order valence-electron chi connectivity index (χ4n) is 2.52. The second kappa shape index (κ2) is 12.0. The molecule has 0 aliphatic rings. The minimum Gasteiger partial charge on any atom is -0.496 e. The molecule has 0 spiro atoms. The van der Waals surface area contributed by atoms with E-state index in [0.29, 0.717) is 19.0 Å². The molecule has 0 amide bonds. The molecule has 0 aromatic heterocycles. The highest BCUT2D eigenvalue weighted by Crippen LogP contribution is 2.17. The molecule has 0 saturated carbocycles. The molecule has 0 heterocycles. The van der Waals surface area contributed by atoms with Gasteiger partial charge in [0, 0.05) is 32.7 Å². The average molecular weight is 532 g/mol. The molecule has 0 aliphatic carbocycles. The monoisotopic (exact) mass is 532 g/mol. The maximum atomic E-state index is 12.1. The van der Waals surface area contributed by atoms with Crippen molar-refractivity contribution in [1.29, 1.82) is 0 Å². The van der Waals surface area contributed by atoms with Crippen molar-refractivity contribution in [3.63, 3.8) is 0 Å². The molecule has 2 rings (SSSR count). The van der Waals surface area contributed by atoms with Crippen molar-refractivity contribution in [1.82, 2.24) is 14.9 Å². The number of sulfonamides is 1. The number of nitrogens with one attached hydrogen (secondary N) is 2. The van der Waals surface area contributed by atoms with Crippen LogP contribution < -0.4 is 15.4 Å². The van der Waals surface area contributed by atoms with Crippen LogP contribution in [-0.4, -0.2) is 46.4 Å². The lowest BCUT2D eigenvalue weighted by Crippen LogP contribution is -2.36. The van der Waals surface area contributed by atoms with Gasteiger partial charge in [0.1, 0.15) is 5.75 Å². The molecule has 7 nitrogen and oxygen atoms in total. The van der Waals surface area contributed by atoms with Gasteiger partial charge in [0.25, 0.3) is 0 Å². The van der Waals surface area contributed by atoms with E-state index >= 15 is 0 Å². The Kier molecular flexibility index (Phi) is 10.4. The topological polar surface area (TPSA) is 83.0 Å². The van der Waals surface area contributed by atoms with Gasteiger partial charge in [0.15, 0.2) is 5.96 Å². The van der Waals surface area contributed by atoms with Crippen LogP contribution in [0, 0.1) is 0 Å². The van der Waals surface area contributed by atoms with Gasteiger partial charge < -0.3 is 15.4 Å². The first-order chi connectivity index (χ1) is 13.4. The highest BCUT2D eigenvalue weighted by Gasteiger charge is 2.16. The third-order valence-corrected chi connectivity index (χ3v) is 5.93. The predicted octanol–water partition coefficient (Wildman–Crippen LogP) is 2.82. The number of nitrogens with zero attached hydrogens (tertiary/aromatic N) is 2. The van der Waals surface area contributed by atoms with Crippen LogP contribution in [0.25, 0.3) is 0 Å². The summed E-state index contributed by atoms with van der Waals surface area (Å²) in [5, 5.41) is 6.50. The third kappa shape index (κ3) is 7.16. The number of halogens is 1. The zero-order chi connectivity index (χ0) is 20.6. The zero-order valence-electron chi connectivity index (χ0n) is 17.2. The quantitative estimate of drug-likeness (QED) is 0.311. The first-order valence-corrected chi connectivity index (χ1v) is 10.5. The van der Waals surface area contributed by atoms with Gasteiger partial charge in [-0.25, -0.2) is 17.7 Å². The van der Waals surface area contributed by atoms with Gasteiger partial charge in [-0.05, 0) is 30.7 Å². The molecule has 0 bridgehead atoms. The number of methoxy groups -OCH3 is 1. The summed E-state index contributed by atoms with van der Waals surface area (Å²) in [6, 6.07) is 14.6. The van der Waals surface area contributed by atoms with Crippen molar-refractivity contribution in [3.05, 3.63) is 59.7 Å². The molecule has 0 aliphatic heterocycles. The number of hydrogen-bond acceptors (Lipinski definition) is 4. The molecule has 0 unspecified atom stereocenters. The van der Waals surface area contributed by atoms with E-state index in [1.807, 2.05) is 31.2 Å². The molecule has 160 valence electrons. The summed E-state index contributed by atoms with van der Waals surface area (Å²) in [4.78, 5) is 4.84. The molecule has 0 radical (unpaired) electrons. The van der Waals surface area contributed by atoms with E-state index in [2.05, 4.69) is 15.6 Å². The summed E-state index contributed by atoms with van der Waals surface area (Å²) in [7, 11) is 1.27. The Morgan fingerprint density at radius 2 is 1.72 bits per heavy atom. The second-order valence-corrected chi connectivity index (χ2v) is 8.44. The Balaban J connectivity index is 0.00000420. The average Bonchev–Trinajstić information content (AvgIpc) is 2.70. The lowest BCUT2D eigenvalue weighted by atomic mass is 10.2. The fourth-order valence-corrected chi connectivity index (χ4v) is 3.42. The summed E-state index contributed by atoms with van der Waals surface area (Å²) in [5.74, 6) is 1.50. The zero-order valence-corrected chi connectivity index (χ0v) is 20.3. The van der Waals surface area contributed by atoms with Crippen LogP contribution in [0.1, 0.15) is 18.1 Å². The van der Waals surface area contributed by atoms with E-state index in [1.54, 1.807) is 31.4 Å². The summed E-state index contributed by atoms with van der Waals surface area (Å²) >= 11 is 0. The lowest BCUT2D eigenvalue weighted by Gasteiger charge is -2.14. The molecule has 0 fully saturated rings. The van der Waals surface area contributed by atoms with Gasteiger partial charge in [-0.15, -0.1) is 24.0 Å². The van der Waals surface area contributed by atoms with Crippen molar-refractivity contribution in [2.45, 2.75) is 24.9 Å². The molecule has 2 aromatic carbocycles. The van der Waals surface area contributed by atoms with Crippen LogP contribution in [0.15, 0.2) is 58.4 Å². The maximum absolute atomic E-state index is 12.1. The van der Waals surface area contributed by atoms with E-state index in [1.165, 1.54) is 18.4 Å². The van der Waals surface area contributed by atoms with Crippen LogP contribution >= 0.6 is 24.0 Å². The molecular weight excluding hydrogens is 503 g/mol. The van der Waals surface area contributed by atoms with Crippen LogP contribution in [0.3, 0.4) is 0 Å². The minimum atomic E-state index is -3.42. The van der Waals surface area contributed by atoms with E-state index in [0.717, 1.165) is 23.4 Å². The minimum absolute atomic E-state index is 0. The number of rotatable bonds is 8. The lowest BCUT2D eigenvalue weighted by molar-refractivity contribution is 0.409. The van der Waals surface area contributed by atoms with Crippen molar-refractivity contribution in [3.8, 4) is 5.75 Å².